The molecule has 318 valence electrons. The molecule has 1 amide bonds. The Labute approximate surface area is 356 Å². The largest absolute Gasteiger partial charge is 0.497 e. The third-order valence-electron chi connectivity index (χ3n) is 10.1. The molecule has 7 rings (SSSR count). The van der Waals surface area contributed by atoms with Crippen LogP contribution in [0.15, 0.2) is 151 Å². The summed E-state index contributed by atoms with van der Waals surface area (Å²) in [5.74, 6) is -0.307. The first-order chi connectivity index (χ1) is 30.1. The average molecular weight is 842 g/mol. The number of rotatable bonds is 18. The number of carbonyl (C=O) groups is 3. The lowest BCUT2D eigenvalue weighted by Gasteiger charge is -2.37. The normalized spacial score (nSPS) is 15.9. The monoisotopic (exact) mass is 841 g/mol. The molecule has 1 aromatic heterocycles. The fourth-order valence-corrected chi connectivity index (χ4v) is 7.03. The van der Waals surface area contributed by atoms with Crippen molar-refractivity contribution in [3.05, 3.63) is 178 Å². The zero-order valence-electron chi connectivity index (χ0n) is 33.7. The zero-order valence-corrected chi connectivity index (χ0v) is 33.7. The van der Waals surface area contributed by atoms with Gasteiger partial charge in [-0.15, -0.1) is 0 Å². The number of ether oxygens (including phenoxy) is 7. The van der Waals surface area contributed by atoms with E-state index in [1.54, 1.807) is 44.6 Å². The quantitative estimate of drug-likeness (QED) is 0.0731. The first kappa shape index (κ1) is 42.6. The maximum absolute atomic E-state index is 13.5. The minimum absolute atomic E-state index is 0.0378. The molecule has 0 radical (unpaired) electrons. The van der Waals surface area contributed by atoms with Gasteiger partial charge in [0.05, 0.1) is 20.8 Å². The lowest BCUT2D eigenvalue weighted by atomic mass is 9.80. The van der Waals surface area contributed by atoms with E-state index < -0.39 is 60.8 Å². The van der Waals surface area contributed by atoms with E-state index in [0.717, 1.165) is 16.7 Å². The summed E-state index contributed by atoms with van der Waals surface area (Å²) in [6.07, 6.45) is -1.31. The Morgan fingerprint density at radius 2 is 1.26 bits per heavy atom. The molecule has 6 aromatic rings. The van der Waals surface area contributed by atoms with Crippen LogP contribution in [0.1, 0.15) is 39.7 Å². The van der Waals surface area contributed by atoms with Crippen molar-refractivity contribution in [3.63, 3.8) is 0 Å². The van der Waals surface area contributed by atoms with Crippen LogP contribution in [0.4, 0.5) is 5.82 Å². The zero-order chi connectivity index (χ0) is 43.5. The smallest absolute Gasteiger partial charge is 0.351 e. The highest BCUT2D eigenvalue weighted by Crippen LogP contribution is 2.43. The van der Waals surface area contributed by atoms with Gasteiger partial charge in [-0.25, -0.2) is 14.4 Å². The van der Waals surface area contributed by atoms with Crippen LogP contribution in [0.25, 0.3) is 0 Å². The first-order valence-electron chi connectivity index (χ1n) is 19.5. The van der Waals surface area contributed by atoms with E-state index in [4.69, 9.17) is 38.3 Å². The van der Waals surface area contributed by atoms with Crippen LogP contribution in [-0.4, -0.2) is 78.8 Å². The molecular formula is C47H43N3O12. The van der Waals surface area contributed by atoms with Gasteiger partial charge in [-0.1, -0.05) is 72.8 Å². The molecule has 1 saturated heterocycles. The highest BCUT2D eigenvalue weighted by atomic mass is 16.6. The Morgan fingerprint density at radius 3 is 1.81 bits per heavy atom. The Morgan fingerprint density at radius 1 is 0.726 bits per heavy atom. The van der Waals surface area contributed by atoms with Crippen LogP contribution in [-0.2, 0) is 29.4 Å². The van der Waals surface area contributed by atoms with Crippen LogP contribution in [0.2, 0.25) is 0 Å². The molecule has 0 spiro atoms. The summed E-state index contributed by atoms with van der Waals surface area (Å²) in [6.45, 7) is -1.12. The number of aromatic nitrogens is 2. The van der Waals surface area contributed by atoms with Gasteiger partial charge in [0.15, 0.2) is 13.2 Å². The number of amides is 1. The molecule has 1 aliphatic rings. The highest BCUT2D eigenvalue weighted by molar-refractivity contribution is 6.03. The number of anilines is 1. The average Bonchev–Trinajstić information content (AvgIpc) is 3.70. The SMILES string of the molecule is COc1ccc(C(OC[C@H]2O[C@@H](n3ccc(NC(=O)c4ccccc4)nc3=O)C[C@@H]2OC(=O)COc2ccc(OCC(=O)O)cc2)(c2ccccc2)c2ccc(OC)cc2)cc1. The molecule has 1 aliphatic heterocycles. The fraction of sp³-hybridized carbons (Fsp3) is 0.213. The summed E-state index contributed by atoms with van der Waals surface area (Å²) in [6, 6.07) is 40.8. The molecule has 0 aliphatic carbocycles. The second-order valence-corrected chi connectivity index (χ2v) is 14.0. The van der Waals surface area contributed by atoms with Crippen molar-refractivity contribution in [2.24, 2.45) is 0 Å². The van der Waals surface area contributed by atoms with Gasteiger partial charge < -0.3 is 43.6 Å². The molecule has 5 aromatic carbocycles. The molecule has 15 nitrogen and oxygen atoms in total. The van der Waals surface area contributed by atoms with Crippen molar-refractivity contribution in [1.82, 2.24) is 9.55 Å². The van der Waals surface area contributed by atoms with Crippen LogP contribution in [0.3, 0.4) is 0 Å². The van der Waals surface area contributed by atoms with Crippen LogP contribution in [0, 0.1) is 0 Å². The summed E-state index contributed by atoms with van der Waals surface area (Å²) in [4.78, 5) is 54.7. The maximum atomic E-state index is 13.5. The van der Waals surface area contributed by atoms with Gasteiger partial charge >= 0.3 is 17.6 Å². The predicted molar refractivity (Wildman–Crippen MR) is 225 cm³/mol. The molecule has 15 heteroatoms. The lowest BCUT2D eigenvalue weighted by molar-refractivity contribution is -0.158. The van der Waals surface area contributed by atoms with Gasteiger partial charge in [-0.3, -0.25) is 9.36 Å². The van der Waals surface area contributed by atoms with Crippen LogP contribution >= 0.6 is 0 Å². The first-order valence-corrected chi connectivity index (χ1v) is 19.5. The van der Waals surface area contributed by atoms with Crippen molar-refractivity contribution < 1.29 is 52.6 Å². The van der Waals surface area contributed by atoms with Crippen molar-refractivity contribution in [2.45, 2.75) is 30.5 Å². The van der Waals surface area contributed by atoms with Gasteiger partial charge in [0, 0.05) is 18.2 Å². The van der Waals surface area contributed by atoms with E-state index in [1.165, 1.54) is 41.1 Å². The van der Waals surface area contributed by atoms with E-state index in [1.807, 2.05) is 78.9 Å². The van der Waals surface area contributed by atoms with Gasteiger partial charge in [-0.2, -0.15) is 4.98 Å². The lowest BCUT2D eigenvalue weighted by Crippen LogP contribution is -2.39. The molecule has 1 fully saturated rings. The number of nitrogens with zero attached hydrogens (tertiary/aromatic N) is 2. The third-order valence-corrected chi connectivity index (χ3v) is 10.1. The number of carbonyl (C=O) groups excluding carboxylic acids is 2. The number of carboxylic acids is 1. The van der Waals surface area contributed by atoms with Crippen molar-refractivity contribution in [1.29, 1.82) is 0 Å². The number of hydrogen-bond acceptors (Lipinski definition) is 12. The van der Waals surface area contributed by atoms with Gasteiger partial charge in [0.2, 0.25) is 0 Å². The molecule has 0 unspecified atom stereocenters. The number of aliphatic carboxylic acids is 1. The summed E-state index contributed by atoms with van der Waals surface area (Å²) in [5, 5.41) is 11.5. The predicted octanol–water partition coefficient (Wildman–Crippen LogP) is 6.26. The molecule has 3 atom stereocenters. The topological polar surface area (TPSA) is 183 Å². The van der Waals surface area contributed by atoms with Gasteiger partial charge in [-0.05, 0) is 83.4 Å². The Hall–Kier alpha value is -7.49. The van der Waals surface area contributed by atoms with E-state index in [2.05, 4.69) is 10.3 Å². The van der Waals surface area contributed by atoms with Crippen LogP contribution in [0.5, 0.6) is 23.0 Å². The van der Waals surface area contributed by atoms with Crippen LogP contribution < -0.4 is 30.0 Å². The molecule has 0 saturated carbocycles. The number of esters is 1. The summed E-state index contributed by atoms with van der Waals surface area (Å²) < 4.78 is 42.7. The molecule has 2 N–H and O–H groups in total. The molecule has 2 heterocycles. The van der Waals surface area contributed by atoms with E-state index in [9.17, 15) is 19.2 Å². The number of carboxylic acid groups (broad SMARTS) is 1. The summed E-state index contributed by atoms with van der Waals surface area (Å²) in [7, 11) is 3.18. The number of methoxy groups -OCH3 is 2. The Balaban J connectivity index is 1.17. The van der Waals surface area contributed by atoms with Gasteiger partial charge in [0.25, 0.3) is 5.91 Å². The highest BCUT2D eigenvalue weighted by Gasteiger charge is 2.44. The van der Waals surface area contributed by atoms with E-state index in [0.29, 0.717) is 28.6 Å². The third kappa shape index (κ3) is 10.1. The number of benzene rings is 5. The van der Waals surface area contributed by atoms with E-state index >= 15 is 0 Å². The van der Waals surface area contributed by atoms with Gasteiger partial charge in [0.1, 0.15) is 52.9 Å². The standard InChI is InChI=1S/C47H43N3O12/c1-56-35-17-13-33(14-18-35)47(32-11-7-4-8-12-32,34-15-19-36(57-2)20-16-34)60-28-40-39(62-44(53)30-59-38-23-21-37(22-24-38)58-29-43(51)52)27-42(61-40)50-26-25-41(49-46(50)55)48-45(54)31-9-5-3-6-10-31/h3-26,39-40,42H,27-30H2,1-2H3,(H,51,52)(H,48,49,54,55)/t39-,40+,42+/m0/s1. The fourth-order valence-electron chi connectivity index (χ4n) is 7.03. The summed E-state index contributed by atoms with van der Waals surface area (Å²) in [5.41, 5.74) is 0.766. The number of hydrogen-bond donors (Lipinski definition) is 2. The number of nitrogens with one attached hydrogen (secondary N) is 1. The minimum Gasteiger partial charge on any atom is -0.497 e. The van der Waals surface area contributed by atoms with E-state index in [-0.39, 0.29) is 18.8 Å². The summed E-state index contributed by atoms with van der Waals surface area (Å²) >= 11 is 0. The van der Waals surface area contributed by atoms with Crippen molar-refractivity contribution in [2.75, 3.05) is 39.4 Å². The molecular weight excluding hydrogens is 799 g/mol. The van der Waals surface area contributed by atoms with Crippen molar-refractivity contribution in [3.8, 4) is 23.0 Å². The van der Waals surface area contributed by atoms with Crippen molar-refractivity contribution >= 4 is 23.7 Å². The Bertz CT molecular complexity index is 2450. The second-order valence-electron chi connectivity index (χ2n) is 14.0. The minimum atomic E-state index is -1.24. The maximum Gasteiger partial charge on any atom is 0.351 e. The second kappa shape index (κ2) is 19.7. The molecule has 62 heavy (non-hydrogen) atoms. The molecule has 0 bridgehead atoms. The Kier molecular flexibility index (Phi) is 13.6.